The standard InChI is InChI=1S/C26H25NO4/c1-26(2)25(30)23(27-14-6-11-22(27)28)20-15-17(12-13-21(20)31-26)24(29)19-10-5-8-16-7-3-4-9-18(16)19/h3-5,7-10,12-13,15,23,25,30H,6,11,14H2,1-2H3. The molecule has 2 aliphatic rings. The van der Waals surface area contributed by atoms with Crippen LogP contribution in [0.15, 0.2) is 60.7 Å². The number of amides is 1. The molecule has 0 bridgehead atoms. The Hall–Kier alpha value is -3.18. The van der Waals surface area contributed by atoms with Gasteiger partial charge in [0.2, 0.25) is 5.91 Å². The molecule has 0 aromatic heterocycles. The van der Waals surface area contributed by atoms with Crippen molar-refractivity contribution < 1.29 is 19.4 Å². The van der Waals surface area contributed by atoms with Crippen molar-refractivity contribution in [3.8, 4) is 5.75 Å². The number of hydrogen-bond donors (Lipinski definition) is 1. The number of nitrogens with zero attached hydrogens (tertiary/aromatic N) is 1. The first-order chi connectivity index (χ1) is 14.9. The molecule has 3 aromatic rings. The van der Waals surface area contributed by atoms with Crippen LogP contribution >= 0.6 is 0 Å². The first-order valence-electron chi connectivity index (χ1n) is 10.7. The van der Waals surface area contributed by atoms with E-state index in [1.807, 2.05) is 56.3 Å². The summed E-state index contributed by atoms with van der Waals surface area (Å²) in [6.45, 7) is 4.24. The average molecular weight is 415 g/mol. The summed E-state index contributed by atoms with van der Waals surface area (Å²) < 4.78 is 6.07. The van der Waals surface area contributed by atoms with Gasteiger partial charge in [-0.1, -0.05) is 42.5 Å². The lowest BCUT2D eigenvalue weighted by atomic mass is 9.84. The number of rotatable bonds is 3. The number of benzene rings is 3. The zero-order valence-electron chi connectivity index (χ0n) is 17.7. The third-order valence-electron chi connectivity index (χ3n) is 6.46. The van der Waals surface area contributed by atoms with E-state index in [-0.39, 0.29) is 11.7 Å². The summed E-state index contributed by atoms with van der Waals surface area (Å²) in [5.74, 6) is 0.540. The van der Waals surface area contributed by atoms with Gasteiger partial charge in [0.25, 0.3) is 0 Å². The highest BCUT2D eigenvalue weighted by atomic mass is 16.5. The molecule has 5 rings (SSSR count). The van der Waals surface area contributed by atoms with Crippen molar-refractivity contribution in [2.45, 2.75) is 44.4 Å². The van der Waals surface area contributed by atoms with Crippen LogP contribution in [0.25, 0.3) is 10.8 Å². The Bertz CT molecular complexity index is 1190. The number of fused-ring (bicyclic) bond motifs is 2. The molecule has 158 valence electrons. The van der Waals surface area contributed by atoms with Gasteiger partial charge in [-0.2, -0.15) is 0 Å². The lowest BCUT2D eigenvalue weighted by Gasteiger charge is -2.45. The van der Waals surface area contributed by atoms with E-state index >= 15 is 0 Å². The van der Waals surface area contributed by atoms with E-state index in [4.69, 9.17) is 4.74 Å². The van der Waals surface area contributed by atoms with Gasteiger partial charge in [-0.3, -0.25) is 9.59 Å². The van der Waals surface area contributed by atoms with Gasteiger partial charge in [0.1, 0.15) is 17.5 Å². The molecule has 1 fully saturated rings. The monoisotopic (exact) mass is 415 g/mol. The van der Waals surface area contributed by atoms with Crippen LogP contribution in [0.1, 0.15) is 54.2 Å². The third kappa shape index (κ3) is 3.20. The van der Waals surface area contributed by atoms with Gasteiger partial charge < -0.3 is 14.7 Å². The molecule has 2 heterocycles. The van der Waals surface area contributed by atoms with E-state index in [2.05, 4.69) is 0 Å². The van der Waals surface area contributed by atoms with E-state index < -0.39 is 17.7 Å². The lowest BCUT2D eigenvalue weighted by molar-refractivity contribution is -0.139. The minimum absolute atomic E-state index is 0.0264. The fourth-order valence-electron chi connectivity index (χ4n) is 4.79. The minimum Gasteiger partial charge on any atom is -0.485 e. The second-order valence-electron chi connectivity index (χ2n) is 8.89. The van der Waals surface area contributed by atoms with Crippen molar-refractivity contribution >= 4 is 22.5 Å². The van der Waals surface area contributed by atoms with Gasteiger partial charge in [0.15, 0.2) is 5.78 Å². The first kappa shape index (κ1) is 19.8. The molecule has 0 aliphatic carbocycles. The number of carbonyl (C=O) groups is 2. The van der Waals surface area contributed by atoms with Crippen molar-refractivity contribution in [3.05, 3.63) is 77.4 Å². The number of ether oxygens (including phenoxy) is 1. The molecule has 0 spiro atoms. The highest BCUT2D eigenvalue weighted by Gasteiger charge is 2.47. The van der Waals surface area contributed by atoms with Crippen molar-refractivity contribution in [1.82, 2.24) is 4.90 Å². The summed E-state index contributed by atoms with van der Waals surface area (Å²) in [6.07, 6.45) is 0.354. The summed E-state index contributed by atoms with van der Waals surface area (Å²) in [6, 6.07) is 18.3. The Kier molecular flexibility index (Phi) is 4.59. The number of likely N-dealkylation sites (tertiary alicyclic amines) is 1. The molecule has 2 atom stereocenters. The number of aliphatic hydroxyl groups excluding tert-OH is 1. The van der Waals surface area contributed by atoms with Crippen molar-refractivity contribution in [2.75, 3.05) is 6.54 Å². The van der Waals surface area contributed by atoms with Crippen molar-refractivity contribution in [1.29, 1.82) is 0 Å². The fourth-order valence-corrected chi connectivity index (χ4v) is 4.79. The van der Waals surface area contributed by atoms with E-state index in [0.717, 1.165) is 17.2 Å². The van der Waals surface area contributed by atoms with Crippen LogP contribution in [-0.4, -0.2) is 39.9 Å². The van der Waals surface area contributed by atoms with E-state index in [1.165, 1.54) is 0 Å². The molecular weight excluding hydrogens is 390 g/mol. The maximum atomic E-state index is 13.5. The van der Waals surface area contributed by atoms with Gasteiger partial charge in [0.05, 0.1) is 6.04 Å². The average Bonchev–Trinajstić information content (AvgIpc) is 3.18. The van der Waals surface area contributed by atoms with Crippen LogP contribution in [0.2, 0.25) is 0 Å². The summed E-state index contributed by atoms with van der Waals surface area (Å²) >= 11 is 0. The number of carbonyl (C=O) groups excluding carboxylic acids is 2. The molecule has 5 nitrogen and oxygen atoms in total. The van der Waals surface area contributed by atoms with E-state index in [0.29, 0.717) is 35.4 Å². The molecule has 2 aliphatic heterocycles. The quantitative estimate of drug-likeness (QED) is 0.649. The molecule has 2 unspecified atom stereocenters. The molecular formula is C26H25NO4. The highest BCUT2D eigenvalue weighted by Crippen LogP contribution is 2.44. The topological polar surface area (TPSA) is 66.8 Å². The zero-order valence-corrected chi connectivity index (χ0v) is 17.7. The molecule has 1 N–H and O–H groups in total. The van der Waals surface area contributed by atoms with Gasteiger partial charge in [0, 0.05) is 29.7 Å². The third-order valence-corrected chi connectivity index (χ3v) is 6.46. The smallest absolute Gasteiger partial charge is 0.223 e. The second kappa shape index (κ2) is 7.20. The molecule has 5 heteroatoms. The zero-order chi connectivity index (χ0) is 21.8. The van der Waals surface area contributed by atoms with E-state index in [1.54, 1.807) is 23.1 Å². The summed E-state index contributed by atoms with van der Waals surface area (Å²) in [4.78, 5) is 27.7. The second-order valence-corrected chi connectivity index (χ2v) is 8.89. The van der Waals surface area contributed by atoms with Gasteiger partial charge in [-0.25, -0.2) is 0 Å². The Morgan fingerprint density at radius 1 is 1.10 bits per heavy atom. The summed E-state index contributed by atoms with van der Waals surface area (Å²) in [7, 11) is 0. The van der Waals surface area contributed by atoms with Crippen molar-refractivity contribution in [3.63, 3.8) is 0 Å². The maximum Gasteiger partial charge on any atom is 0.223 e. The molecule has 0 radical (unpaired) electrons. The predicted molar refractivity (Wildman–Crippen MR) is 118 cm³/mol. The first-order valence-corrected chi connectivity index (χ1v) is 10.7. The van der Waals surface area contributed by atoms with Crippen LogP contribution in [0.5, 0.6) is 5.75 Å². The lowest BCUT2D eigenvalue weighted by Crippen LogP contribution is -2.53. The highest BCUT2D eigenvalue weighted by molar-refractivity contribution is 6.16. The molecule has 3 aromatic carbocycles. The van der Waals surface area contributed by atoms with Gasteiger partial charge in [-0.15, -0.1) is 0 Å². The van der Waals surface area contributed by atoms with Crippen LogP contribution < -0.4 is 4.74 Å². The normalized spacial score (nSPS) is 22.3. The fraction of sp³-hybridized carbons (Fsp3) is 0.308. The van der Waals surface area contributed by atoms with Gasteiger partial charge >= 0.3 is 0 Å². The van der Waals surface area contributed by atoms with E-state index in [9.17, 15) is 14.7 Å². The predicted octanol–water partition coefficient (Wildman–Crippen LogP) is 4.27. The Labute approximate surface area is 181 Å². The van der Waals surface area contributed by atoms with Gasteiger partial charge in [-0.05, 0) is 49.2 Å². The minimum atomic E-state index is -0.898. The number of aliphatic hydroxyl groups is 1. The number of hydrogen-bond acceptors (Lipinski definition) is 4. The van der Waals surface area contributed by atoms with Crippen LogP contribution in [0.3, 0.4) is 0 Å². The Morgan fingerprint density at radius 3 is 2.65 bits per heavy atom. The van der Waals surface area contributed by atoms with Crippen LogP contribution in [-0.2, 0) is 4.79 Å². The Morgan fingerprint density at radius 2 is 1.87 bits per heavy atom. The van der Waals surface area contributed by atoms with Crippen LogP contribution in [0.4, 0.5) is 0 Å². The largest absolute Gasteiger partial charge is 0.485 e. The van der Waals surface area contributed by atoms with Crippen molar-refractivity contribution in [2.24, 2.45) is 0 Å². The molecule has 31 heavy (non-hydrogen) atoms. The SMILES string of the molecule is CC1(C)Oc2ccc(C(=O)c3cccc4ccccc34)cc2C(N2CCCC2=O)C1O. The molecule has 1 amide bonds. The Balaban J connectivity index is 1.61. The summed E-state index contributed by atoms with van der Waals surface area (Å²) in [5, 5.41) is 13.0. The number of ketones is 1. The molecule has 0 saturated carbocycles. The summed E-state index contributed by atoms with van der Waals surface area (Å²) in [5.41, 5.74) is 0.988. The maximum absolute atomic E-state index is 13.5. The van der Waals surface area contributed by atoms with Crippen LogP contribution in [0, 0.1) is 0 Å². The molecule has 1 saturated heterocycles.